The quantitative estimate of drug-likeness (QED) is 0.551. The highest BCUT2D eigenvalue weighted by Crippen LogP contribution is 2.44. The van der Waals surface area contributed by atoms with E-state index in [4.69, 9.17) is 23.9 Å². The summed E-state index contributed by atoms with van der Waals surface area (Å²) < 4.78 is 24.9. The zero-order chi connectivity index (χ0) is 23.8. The minimum atomic E-state index is -1.29. The van der Waals surface area contributed by atoms with Crippen LogP contribution in [0, 0.1) is 0 Å². The lowest BCUT2D eigenvalue weighted by Gasteiger charge is -2.39. The fourth-order valence-corrected chi connectivity index (χ4v) is 6.03. The van der Waals surface area contributed by atoms with Crippen molar-refractivity contribution in [3.05, 3.63) is 55.7 Å². The highest BCUT2D eigenvalue weighted by Gasteiger charge is 2.48. The van der Waals surface area contributed by atoms with E-state index >= 15 is 0 Å². The van der Waals surface area contributed by atoms with Crippen molar-refractivity contribution in [1.29, 1.82) is 0 Å². The van der Waals surface area contributed by atoms with Gasteiger partial charge in [-0.3, -0.25) is 4.79 Å². The third kappa shape index (κ3) is 2.64. The van der Waals surface area contributed by atoms with Crippen molar-refractivity contribution >= 4 is 12.0 Å². The van der Waals surface area contributed by atoms with Crippen LogP contribution in [0.1, 0.15) is 60.7 Å². The van der Waals surface area contributed by atoms with Gasteiger partial charge in [0, 0.05) is 30.7 Å². The van der Waals surface area contributed by atoms with Gasteiger partial charge in [0.2, 0.25) is 0 Å². The molecule has 1 aliphatic carbocycles. The van der Waals surface area contributed by atoms with E-state index in [0.29, 0.717) is 49.4 Å². The maximum atomic E-state index is 13.6. The summed E-state index contributed by atoms with van der Waals surface area (Å²) >= 11 is 0. The summed E-state index contributed by atoms with van der Waals surface area (Å²) in [5.41, 5.74) is 4.90. The van der Waals surface area contributed by atoms with Crippen LogP contribution in [0.15, 0.2) is 16.6 Å². The van der Waals surface area contributed by atoms with Crippen LogP contribution < -0.4 is 5.56 Å². The lowest BCUT2D eigenvalue weighted by molar-refractivity contribution is -0.176. The summed E-state index contributed by atoms with van der Waals surface area (Å²) in [5, 5.41) is 0. The average molecular weight is 465 g/mol. The lowest BCUT2D eigenvalue weighted by Crippen LogP contribution is -2.45. The second-order valence-corrected chi connectivity index (χ2v) is 9.52. The second kappa shape index (κ2) is 7.26. The topological polar surface area (TPSA) is 88.9 Å². The number of fused-ring (bicyclic) bond motifs is 6. The van der Waals surface area contributed by atoms with E-state index < -0.39 is 17.2 Å². The Hall–Kier alpha value is -2.97. The molecule has 2 atom stereocenters. The number of nitrogens with zero attached hydrogens (tertiary/aromatic N) is 2. The molecular weight excluding hydrogens is 436 g/mol. The minimum absolute atomic E-state index is 0.0432. The molecule has 8 heteroatoms. The number of carbonyl (C=O) groups is 1. The summed E-state index contributed by atoms with van der Waals surface area (Å²) in [6.07, 6.45) is 3.85. The van der Waals surface area contributed by atoms with Gasteiger partial charge in [-0.1, -0.05) is 13.8 Å². The molecule has 34 heavy (non-hydrogen) atoms. The molecule has 1 saturated heterocycles. The molecule has 0 spiro atoms. The number of ether oxygens (including phenoxy) is 4. The molecule has 178 valence electrons. The summed E-state index contributed by atoms with van der Waals surface area (Å²) in [6.45, 7) is 7.55. The van der Waals surface area contributed by atoms with E-state index in [9.17, 15) is 9.59 Å². The Bertz CT molecular complexity index is 1340. The molecule has 1 fully saturated rings. The van der Waals surface area contributed by atoms with Crippen LogP contribution in [-0.2, 0) is 55.3 Å². The van der Waals surface area contributed by atoms with Gasteiger partial charge in [-0.15, -0.1) is 0 Å². The smallest absolute Gasteiger partial charge is 0.343 e. The van der Waals surface area contributed by atoms with E-state index in [0.717, 1.165) is 34.7 Å². The van der Waals surface area contributed by atoms with E-state index in [1.165, 1.54) is 12.7 Å². The molecule has 0 N–H and O–H groups in total. The molecule has 5 heterocycles. The molecule has 0 amide bonds. The maximum absolute atomic E-state index is 13.6. The van der Waals surface area contributed by atoms with Crippen molar-refractivity contribution < 1.29 is 23.7 Å². The van der Waals surface area contributed by atoms with Crippen LogP contribution in [0.2, 0.25) is 0 Å². The third-order valence-corrected chi connectivity index (χ3v) is 7.89. The molecule has 0 aromatic carbocycles. The monoisotopic (exact) mass is 464 g/mol. The van der Waals surface area contributed by atoms with Crippen LogP contribution in [0.25, 0.3) is 17.5 Å². The number of cyclic esters (lactones) is 1. The molecule has 0 bridgehead atoms. The first-order valence-corrected chi connectivity index (χ1v) is 11.9. The summed E-state index contributed by atoms with van der Waals surface area (Å²) in [7, 11) is 1.48. The van der Waals surface area contributed by atoms with Crippen LogP contribution >= 0.6 is 0 Å². The van der Waals surface area contributed by atoms with Gasteiger partial charge in [0.1, 0.15) is 24.6 Å². The fraction of sp³-hybridized carbons (Fsp3) is 0.500. The highest BCUT2D eigenvalue weighted by molar-refractivity contribution is 5.84. The van der Waals surface area contributed by atoms with Crippen molar-refractivity contribution in [1.82, 2.24) is 9.55 Å². The lowest BCUT2D eigenvalue weighted by atomic mass is 9.82. The zero-order valence-corrected chi connectivity index (χ0v) is 19.9. The first kappa shape index (κ1) is 21.6. The first-order chi connectivity index (χ1) is 16.4. The number of aromatic nitrogens is 2. The first-order valence-electron chi connectivity index (χ1n) is 11.9. The summed E-state index contributed by atoms with van der Waals surface area (Å²) in [5.74, 6) is 0.340. The maximum Gasteiger partial charge on any atom is 0.343 e. The zero-order valence-electron chi connectivity index (χ0n) is 19.9. The Kier molecular flexibility index (Phi) is 4.60. The Morgan fingerprint density at radius 3 is 2.71 bits per heavy atom. The van der Waals surface area contributed by atoms with Gasteiger partial charge < -0.3 is 23.5 Å². The third-order valence-electron chi connectivity index (χ3n) is 7.89. The van der Waals surface area contributed by atoms with Crippen molar-refractivity contribution in [3.63, 3.8) is 0 Å². The number of rotatable bonds is 3. The van der Waals surface area contributed by atoms with Crippen LogP contribution in [-0.4, -0.2) is 41.4 Å². The van der Waals surface area contributed by atoms with Crippen molar-refractivity contribution in [2.75, 3.05) is 20.3 Å². The molecule has 3 aliphatic heterocycles. The number of carbonyl (C=O) groups excluding carboxylic acids is 1. The molecule has 4 aliphatic rings. The van der Waals surface area contributed by atoms with E-state index in [-0.39, 0.29) is 12.2 Å². The fourth-order valence-electron chi connectivity index (χ4n) is 6.03. The Morgan fingerprint density at radius 1 is 1.15 bits per heavy atom. The van der Waals surface area contributed by atoms with Gasteiger partial charge in [0.15, 0.2) is 5.60 Å². The van der Waals surface area contributed by atoms with Crippen molar-refractivity contribution in [2.45, 2.75) is 64.4 Å². The van der Waals surface area contributed by atoms with Crippen molar-refractivity contribution in [3.8, 4) is 11.4 Å². The Balaban J connectivity index is 1.59. The number of hydrogen-bond donors (Lipinski definition) is 0. The highest BCUT2D eigenvalue weighted by atomic mass is 16.6. The van der Waals surface area contributed by atoms with E-state index in [1.807, 2.05) is 19.1 Å². The standard InChI is InChI=1S/C26H28N2O6/c1-5-14-15-11-25(3)21(32-7-8-34-25)10-19(15)27-22-16(14)12-28-20(22)9-18-17(23(28)29)13-33-24(30)26(18,6-2)31-4/h9-10H,5-8,11-13H2,1-4H3/t25?,26-/m0/s1. The van der Waals surface area contributed by atoms with Crippen LogP contribution in [0.4, 0.5) is 0 Å². The van der Waals surface area contributed by atoms with E-state index in [2.05, 4.69) is 13.8 Å². The minimum Gasteiger partial charge on any atom is -0.492 e. The predicted molar refractivity (Wildman–Crippen MR) is 123 cm³/mol. The number of hydrogen-bond acceptors (Lipinski definition) is 7. The SMILES string of the molecule is CCc1c2c(nc3c1Cn1c-3cc3c(c1=O)COC(=O)[C@@]3(CC)OC)C=C1OCCOC1(C)C2. The average Bonchev–Trinajstić information content (AvgIpc) is 3.20. The number of pyridine rings is 2. The Labute approximate surface area is 197 Å². The van der Waals surface area contributed by atoms with Crippen LogP contribution in [0.3, 0.4) is 0 Å². The summed E-state index contributed by atoms with van der Waals surface area (Å²) in [6, 6.07) is 1.91. The van der Waals surface area contributed by atoms with Gasteiger partial charge in [-0.2, -0.15) is 0 Å². The second-order valence-electron chi connectivity index (χ2n) is 9.52. The predicted octanol–water partition coefficient (Wildman–Crippen LogP) is 2.85. The molecular formula is C26H28N2O6. The molecule has 6 rings (SSSR count). The van der Waals surface area contributed by atoms with Crippen LogP contribution in [0.5, 0.6) is 0 Å². The van der Waals surface area contributed by atoms with E-state index in [1.54, 1.807) is 4.57 Å². The van der Waals surface area contributed by atoms with Crippen molar-refractivity contribution in [2.24, 2.45) is 0 Å². The largest absolute Gasteiger partial charge is 0.492 e. The molecule has 0 saturated carbocycles. The summed E-state index contributed by atoms with van der Waals surface area (Å²) in [4.78, 5) is 31.4. The number of esters is 1. The van der Waals surface area contributed by atoms with Gasteiger partial charge in [0.05, 0.1) is 35.8 Å². The van der Waals surface area contributed by atoms with Gasteiger partial charge in [-0.25, -0.2) is 9.78 Å². The molecule has 0 radical (unpaired) electrons. The van der Waals surface area contributed by atoms with Gasteiger partial charge in [-0.05, 0) is 37.0 Å². The molecule has 2 aromatic rings. The molecule has 1 unspecified atom stereocenters. The normalized spacial score (nSPS) is 26.4. The van der Waals surface area contributed by atoms with Gasteiger partial charge in [0.25, 0.3) is 5.56 Å². The molecule has 8 nitrogen and oxygen atoms in total. The Morgan fingerprint density at radius 2 is 1.97 bits per heavy atom. The van der Waals surface area contributed by atoms with Gasteiger partial charge >= 0.3 is 5.97 Å². The molecule has 2 aromatic heterocycles. The number of methoxy groups -OCH3 is 1.